The number of sulfonamides is 1. The van der Waals surface area contributed by atoms with Gasteiger partial charge >= 0.3 is 0 Å². The van der Waals surface area contributed by atoms with Crippen molar-refractivity contribution >= 4 is 38.9 Å². The molecule has 0 saturated heterocycles. The van der Waals surface area contributed by atoms with E-state index in [2.05, 4.69) is 10.0 Å². The molecule has 0 radical (unpaired) electrons. The van der Waals surface area contributed by atoms with Gasteiger partial charge in [0.1, 0.15) is 5.75 Å². The first-order chi connectivity index (χ1) is 13.3. The first-order valence-corrected chi connectivity index (χ1v) is 10.1. The summed E-state index contributed by atoms with van der Waals surface area (Å²) < 4.78 is 33.7. The van der Waals surface area contributed by atoms with Crippen LogP contribution < -0.4 is 14.8 Å². The summed E-state index contributed by atoms with van der Waals surface area (Å²) in [6, 6.07) is 19.3. The van der Waals surface area contributed by atoms with Gasteiger partial charge in [-0.1, -0.05) is 29.8 Å². The van der Waals surface area contributed by atoms with E-state index in [9.17, 15) is 13.2 Å². The first-order valence-electron chi connectivity index (χ1n) is 8.26. The minimum atomic E-state index is -3.85. The zero-order chi connectivity index (χ0) is 20.1. The lowest BCUT2D eigenvalue weighted by Crippen LogP contribution is -2.14. The Hall–Kier alpha value is -3.03. The molecule has 3 rings (SSSR count). The molecule has 3 aromatic carbocycles. The number of ether oxygens (including phenoxy) is 1. The number of rotatable bonds is 6. The number of amides is 1. The van der Waals surface area contributed by atoms with Crippen molar-refractivity contribution in [3.8, 4) is 11.5 Å². The van der Waals surface area contributed by atoms with Crippen molar-refractivity contribution in [3.05, 3.63) is 77.8 Å². The molecule has 0 atom stereocenters. The van der Waals surface area contributed by atoms with E-state index in [1.807, 2.05) is 0 Å². The lowest BCUT2D eigenvalue weighted by Gasteiger charge is -2.14. The topological polar surface area (TPSA) is 84.5 Å². The fourth-order valence-corrected chi connectivity index (χ4v) is 3.67. The molecule has 0 aliphatic heterocycles. The molecule has 0 aromatic heterocycles. The van der Waals surface area contributed by atoms with Crippen LogP contribution in [0.2, 0.25) is 5.02 Å². The SMILES string of the molecule is CC(=O)Nc1ccc(S(=O)(=O)Nc2ccccc2Oc2cccc(Cl)c2)cc1. The maximum Gasteiger partial charge on any atom is 0.262 e. The average molecular weight is 417 g/mol. The molecule has 0 saturated carbocycles. The van der Waals surface area contributed by atoms with Gasteiger partial charge in [0.15, 0.2) is 5.75 Å². The molecule has 1 amide bonds. The molecular formula is C20H17ClN2O4S. The van der Waals surface area contributed by atoms with Gasteiger partial charge in [-0.25, -0.2) is 8.42 Å². The lowest BCUT2D eigenvalue weighted by molar-refractivity contribution is -0.114. The van der Waals surface area contributed by atoms with E-state index < -0.39 is 10.0 Å². The van der Waals surface area contributed by atoms with Gasteiger partial charge in [-0.3, -0.25) is 9.52 Å². The molecule has 28 heavy (non-hydrogen) atoms. The zero-order valence-corrected chi connectivity index (χ0v) is 16.4. The number of hydrogen-bond acceptors (Lipinski definition) is 4. The van der Waals surface area contributed by atoms with Crippen LogP contribution in [0.15, 0.2) is 77.7 Å². The predicted octanol–water partition coefficient (Wildman–Crippen LogP) is 4.89. The third-order valence-corrected chi connectivity index (χ3v) is 5.26. The fraction of sp³-hybridized carbons (Fsp3) is 0.0500. The molecule has 3 aromatic rings. The van der Waals surface area contributed by atoms with E-state index in [0.29, 0.717) is 22.2 Å². The van der Waals surface area contributed by atoms with E-state index in [1.165, 1.54) is 31.2 Å². The Morgan fingerprint density at radius 2 is 1.68 bits per heavy atom. The Labute approximate surface area is 168 Å². The maximum absolute atomic E-state index is 12.7. The first kappa shape index (κ1) is 19.7. The number of carbonyl (C=O) groups is 1. The molecule has 0 aliphatic carbocycles. The van der Waals surface area contributed by atoms with E-state index >= 15 is 0 Å². The van der Waals surface area contributed by atoms with Gasteiger partial charge in [-0.05, 0) is 54.6 Å². The Morgan fingerprint density at radius 3 is 2.36 bits per heavy atom. The molecule has 8 heteroatoms. The largest absolute Gasteiger partial charge is 0.455 e. The van der Waals surface area contributed by atoms with Crippen molar-refractivity contribution in [1.82, 2.24) is 0 Å². The second-order valence-corrected chi connectivity index (χ2v) is 7.99. The van der Waals surface area contributed by atoms with Crippen molar-refractivity contribution in [3.63, 3.8) is 0 Å². The van der Waals surface area contributed by atoms with Gasteiger partial charge < -0.3 is 10.1 Å². The molecule has 144 valence electrons. The monoisotopic (exact) mass is 416 g/mol. The summed E-state index contributed by atoms with van der Waals surface area (Å²) >= 11 is 5.96. The number of hydrogen-bond donors (Lipinski definition) is 2. The van der Waals surface area contributed by atoms with Gasteiger partial charge in [-0.15, -0.1) is 0 Å². The van der Waals surface area contributed by atoms with Gasteiger partial charge in [0.25, 0.3) is 10.0 Å². The summed E-state index contributed by atoms with van der Waals surface area (Å²) in [5, 5.41) is 3.10. The van der Waals surface area contributed by atoms with E-state index in [4.69, 9.17) is 16.3 Å². The smallest absolute Gasteiger partial charge is 0.262 e. The number of carbonyl (C=O) groups excluding carboxylic acids is 1. The zero-order valence-electron chi connectivity index (χ0n) is 14.8. The quantitative estimate of drug-likeness (QED) is 0.599. The van der Waals surface area contributed by atoms with Gasteiger partial charge in [-0.2, -0.15) is 0 Å². The highest BCUT2D eigenvalue weighted by atomic mass is 35.5. The van der Waals surface area contributed by atoms with Crippen LogP contribution >= 0.6 is 11.6 Å². The van der Waals surface area contributed by atoms with Crippen LogP contribution in [0.25, 0.3) is 0 Å². The molecule has 0 bridgehead atoms. The summed E-state index contributed by atoms with van der Waals surface area (Å²) in [7, 11) is -3.85. The molecule has 0 aliphatic rings. The summed E-state index contributed by atoms with van der Waals surface area (Å²) in [5.74, 6) is 0.586. The van der Waals surface area contributed by atoms with Crippen molar-refractivity contribution in [1.29, 1.82) is 0 Å². The summed E-state index contributed by atoms with van der Waals surface area (Å²) in [6.45, 7) is 1.38. The fourth-order valence-electron chi connectivity index (χ4n) is 2.42. The second-order valence-electron chi connectivity index (χ2n) is 5.87. The molecule has 6 nitrogen and oxygen atoms in total. The molecule has 0 unspecified atom stereocenters. The maximum atomic E-state index is 12.7. The number of nitrogens with one attached hydrogen (secondary N) is 2. The summed E-state index contributed by atoms with van der Waals surface area (Å²) in [5.41, 5.74) is 0.796. The van der Waals surface area contributed by atoms with Crippen LogP contribution in [0.5, 0.6) is 11.5 Å². The third-order valence-electron chi connectivity index (χ3n) is 3.64. The van der Waals surface area contributed by atoms with Crippen LogP contribution in [-0.4, -0.2) is 14.3 Å². The minimum Gasteiger partial charge on any atom is -0.455 e. The highest BCUT2D eigenvalue weighted by molar-refractivity contribution is 7.92. The third kappa shape index (κ3) is 5.03. The van der Waals surface area contributed by atoms with Crippen molar-refractivity contribution in [2.24, 2.45) is 0 Å². The minimum absolute atomic E-state index is 0.0548. The predicted molar refractivity (Wildman–Crippen MR) is 110 cm³/mol. The van der Waals surface area contributed by atoms with Crippen molar-refractivity contribution in [2.45, 2.75) is 11.8 Å². The van der Waals surface area contributed by atoms with Crippen molar-refractivity contribution < 1.29 is 17.9 Å². The van der Waals surface area contributed by atoms with Gasteiger partial charge in [0.2, 0.25) is 5.91 Å². The average Bonchev–Trinajstić information content (AvgIpc) is 2.63. The van der Waals surface area contributed by atoms with Crippen molar-refractivity contribution in [2.75, 3.05) is 10.0 Å². The Bertz CT molecular complexity index is 1100. The van der Waals surface area contributed by atoms with E-state index in [0.717, 1.165) is 0 Å². The Kier molecular flexibility index (Phi) is 5.87. The highest BCUT2D eigenvalue weighted by Crippen LogP contribution is 2.32. The Balaban J connectivity index is 1.83. The molecule has 0 spiro atoms. The van der Waals surface area contributed by atoms with Crippen LogP contribution in [0, 0.1) is 0 Å². The van der Waals surface area contributed by atoms with Gasteiger partial charge in [0.05, 0.1) is 10.6 Å². The number of anilines is 2. The standard InChI is InChI=1S/C20H17ClN2O4S/c1-14(24)22-16-9-11-18(12-10-16)28(25,26)23-19-7-2-3-8-20(19)27-17-6-4-5-15(21)13-17/h2-13,23H,1H3,(H,22,24). The normalized spacial score (nSPS) is 10.9. The number of halogens is 1. The molecule has 2 N–H and O–H groups in total. The number of para-hydroxylation sites is 2. The van der Waals surface area contributed by atoms with Crippen LogP contribution in [0.3, 0.4) is 0 Å². The second kappa shape index (κ2) is 8.33. The van der Waals surface area contributed by atoms with Crippen LogP contribution in [0.4, 0.5) is 11.4 Å². The summed E-state index contributed by atoms with van der Waals surface area (Å²) in [4.78, 5) is 11.1. The molecular weight excluding hydrogens is 400 g/mol. The van der Waals surface area contributed by atoms with Gasteiger partial charge in [0, 0.05) is 17.6 Å². The molecule has 0 fully saturated rings. The lowest BCUT2D eigenvalue weighted by atomic mass is 10.3. The van der Waals surface area contributed by atoms with E-state index in [-0.39, 0.29) is 16.5 Å². The Morgan fingerprint density at radius 1 is 0.964 bits per heavy atom. The number of benzene rings is 3. The highest BCUT2D eigenvalue weighted by Gasteiger charge is 2.17. The van der Waals surface area contributed by atoms with Crippen LogP contribution in [-0.2, 0) is 14.8 Å². The summed E-state index contributed by atoms with van der Waals surface area (Å²) in [6.07, 6.45) is 0. The molecule has 0 heterocycles. The van der Waals surface area contributed by atoms with Crippen LogP contribution in [0.1, 0.15) is 6.92 Å². The van der Waals surface area contributed by atoms with E-state index in [1.54, 1.807) is 48.5 Å².